The molecule has 0 saturated heterocycles. The molecule has 0 spiro atoms. The lowest BCUT2D eigenvalue weighted by Gasteiger charge is -2.22. The monoisotopic (exact) mass is 194 g/mol. The normalized spacial score (nSPS) is 12.9. The molecule has 12 heavy (non-hydrogen) atoms. The van der Waals surface area contributed by atoms with Gasteiger partial charge in [0.15, 0.2) is 0 Å². The Balaban J connectivity index is 4.20. The number of hydrogen-bond acceptors (Lipinski definition) is 3. The fourth-order valence-electron chi connectivity index (χ4n) is 0.376. The van der Waals surface area contributed by atoms with Gasteiger partial charge in [-0.15, -0.1) is 0 Å². The van der Waals surface area contributed by atoms with Gasteiger partial charge in [-0.1, -0.05) is 13.8 Å². The fraction of sp³-hybridized carbons (Fsp3) is 0.800. The molecule has 7 heteroatoms. The second-order valence-electron chi connectivity index (χ2n) is 3.16. The summed E-state index contributed by atoms with van der Waals surface area (Å²) >= 11 is 0. The van der Waals surface area contributed by atoms with E-state index in [2.05, 4.69) is 4.72 Å². The predicted octanol–water partition coefficient (Wildman–Crippen LogP) is -1.26. The van der Waals surface area contributed by atoms with Gasteiger partial charge in [0.1, 0.15) is 0 Å². The van der Waals surface area contributed by atoms with Crippen LogP contribution in [0.4, 0.5) is 0 Å². The molecule has 0 radical (unpaired) electrons. The highest BCUT2D eigenvalue weighted by molar-refractivity contribution is 7.87. The third-order valence-electron chi connectivity index (χ3n) is 1.44. The van der Waals surface area contributed by atoms with Crippen LogP contribution < -0.4 is 15.6 Å². The molecule has 0 amide bonds. The van der Waals surface area contributed by atoms with Crippen LogP contribution in [0.25, 0.3) is 0 Å². The zero-order chi connectivity index (χ0) is 9.99. The van der Waals surface area contributed by atoms with Crippen LogP contribution in [-0.2, 0) is 10.2 Å². The van der Waals surface area contributed by atoms with Crippen LogP contribution in [0.15, 0.2) is 0 Å². The maximum Gasteiger partial charge on any atom is 0.274 e. The van der Waals surface area contributed by atoms with E-state index in [1.54, 1.807) is 13.8 Å². The lowest BCUT2D eigenvalue weighted by Crippen LogP contribution is -2.44. The highest BCUT2D eigenvalue weighted by Crippen LogP contribution is 2.11. The van der Waals surface area contributed by atoms with Crippen molar-refractivity contribution < 1.29 is 8.42 Å². The summed E-state index contributed by atoms with van der Waals surface area (Å²) in [6.07, 6.45) is 0. The van der Waals surface area contributed by atoms with Crippen molar-refractivity contribution >= 4 is 16.0 Å². The van der Waals surface area contributed by atoms with Crippen molar-refractivity contribution in [3.05, 3.63) is 0 Å². The third-order valence-corrected chi connectivity index (χ3v) is 1.99. The minimum atomic E-state index is -3.69. The first-order chi connectivity index (χ1) is 5.15. The van der Waals surface area contributed by atoms with Crippen LogP contribution in [0.1, 0.15) is 13.8 Å². The van der Waals surface area contributed by atoms with Crippen molar-refractivity contribution in [2.24, 2.45) is 16.3 Å². The molecule has 6 nitrogen and oxygen atoms in total. The molecule has 0 aromatic carbocycles. The maximum atomic E-state index is 10.5. The molecular formula is C5H14N4O2S. The van der Waals surface area contributed by atoms with Crippen molar-refractivity contribution in [2.75, 3.05) is 6.54 Å². The Morgan fingerprint density at radius 2 is 2.00 bits per heavy atom. The summed E-state index contributed by atoms with van der Waals surface area (Å²) in [5.41, 5.74) is 4.51. The van der Waals surface area contributed by atoms with Gasteiger partial charge in [-0.2, -0.15) is 8.42 Å². The van der Waals surface area contributed by atoms with Crippen LogP contribution in [0.5, 0.6) is 0 Å². The largest absolute Gasteiger partial charge is 0.387 e. The summed E-state index contributed by atoms with van der Waals surface area (Å²) in [7, 11) is -3.69. The number of nitrogens with one attached hydrogen (secondary N) is 2. The van der Waals surface area contributed by atoms with E-state index in [9.17, 15) is 8.42 Å². The highest BCUT2D eigenvalue weighted by atomic mass is 32.2. The van der Waals surface area contributed by atoms with Crippen LogP contribution in [0.3, 0.4) is 0 Å². The van der Waals surface area contributed by atoms with E-state index in [-0.39, 0.29) is 12.4 Å². The molecule has 0 saturated carbocycles. The highest BCUT2D eigenvalue weighted by Gasteiger charge is 2.22. The smallest absolute Gasteiger partial charge is 0.274 e. The first-order valence-electron chi connectivity index (χ1n) is 3.27. The zero-order valence-corrected chi connectivity index (χ0v) is 7.90. The average Bonchev–Trinajstić information content (AvgIpc) is 1.82. The molecule has 72 valence electrons. The van der Waals surface area contributed by atoms with E-state index in [1.807, 2.05) is 0 Å². The van der Waals surface area contributed by atoms with Gasteiger partial charge in [0.05, 0.1) is 5.84 Å². The van der Waals surface area contributed by atoms with Gasteiger partial charge in [-0.25, -0.2) is 9.86 Å². The van der Waals surface area contributed by atoms with Gasteiger partial charge in [0.25, 0.3) is 10.2 Å². The third kappa shape index (κ3) is 4.27. The Morgan fingerprint density at radius 3 is 2.25 bits per heavy atom. The number of amidine groups is 1. The minimum absolute atomic E-state index is 0.0289. The average molecular weight is 194 g/mol. The summed E-state index contributed by atoms with van der Waals surface area (Å²) in [6.45, 7) is 3.32. The van der Waals surface area contributed by atoms with E-state index in [0.29, 0.717) is 0 Å². The molecule has 0 heterocycles. The Labute approximate surface area is 72.0 Å². The van der Waals surface area contributed by atoms with Crippen LogP contribution in [0, 0.1) is 10.8 Å². The molecule has 0 aliphatic heterocycles. The zero-order valence-electron chi connectivity index (χ0n) is 7.09. The standard InChI is InChI=1S/C5H14N4O2S/c1-5(2,4(6)7)3-9-12(8,10)11/h9H,3H2,1-2H3,(H3,6,7)(H2,8,10,11). The van der Waals surface area contributed by atoms with Crippen LogP contribution in [-0.4, -0.2) is 20.8 Å². The van der Waals surface area contributed by atoms with Crippen molar-refractivity contribution in [1.29, 1.82) is 5.41 Å². The first kappa shape index (κ1) is 11.3. The SMILES string of the molecule is CC(C)(CNS(N)(=O)=O)C(=N)N. The Bertz CT molecular complexity index is 269. The van der Waals surface area contributed by atoms with Gasteiger partial charge in [0.2, 0.25) is 0 Å². The molecule has 0 bridgehead atoms. The molecule has 0 aromatic rings. The Morgan fingerprint density at radius 1 is 1.58 bits per heavy atom. The molecule has 0 fully saturated rings. The first-order valence-corrected chi connectivity index (χ1v) is 4.82. The van der Waals surface area contributed by atoms with Gasteiger partial charge >= 0.3 is 0 Å². The molecule has 0 aromatic heterocycles. The van der Waals surface area contributed by atoms with Gasteiger partial charge in [-0.05, 0) is 0 Å². The quantitative estimate of drug-likeness (QED) is 0.330. The van der Waals surface area contributed by atoms with E-state index in [1.165, 1.54) is 0 Å². The van der Waals surface area contributed by atoms with Gasteiger partial charge < -0.3 is 5.73 Å². The Kier molecular flexibility index (Phi) is 3.19. The van der Waals surface area contributed by atoms with E-state index in [0.717, 1.165) is 0 Å². The van der Waals surface area contributed by atoms with Crippen molar-refractivity contribution in [3.63, 3.8) is 0 Å². The van der Waals surface area contributed by atoms with Crippen molar-refractivity contribution in [3.8, 4) is 0 Å². The second kappa shape index (κ2) is 3.38. The summed E-state index contributed by atoms with van der Waals surface area (Å²) in [5.74, 6) is -0.0846. The van der Waals surface area contributed by atoms with Crippen LogP contribution in [0.2, 0.25) is 0 Å². The molecule has 0 rings (SSSR count). The summed E-state index contributed by atoms with van der Waals surface area (Å²) in [4.78, 5) is 0. The van der Waals surface area contributed by atoms with Crippen molar-refractivity contribution in [2.45, 2.75) is 13.8 Å². The lowest BCUT2D eigenvalue weighted by molar-refractivity contribution is 0.493. The summed E-state index contributed by atoms with van der Waals surface area (Å²) < 4.78 is 23.0. The fourth-order valence-corrected chi connectivity index (χ4v) is 0.938. The number of rotatable bonds is 4. The van der Waals surface area contributed by atoms with Crippen LogP contribution >= 0.6 is 0 Å². The number of hydrogen-bond donors (Lipinski definition) is 4. The molecule has 0 aliphatic rings. The molecule has 6 N–H and O–H groups in total. The van der Waals surface area contributed by atoms with E-state index in [4.69, 9.17) is 16.3 Å². The Hall–Kier alpha value is -0.660. The minimum Gasteiger partial charge on any atom is -0.387 e. The lowest BCUT2D eigenvalue weighted by atomic mass is 9.93. The molecule has 0 atom stereocenters. The molecule has 0 aliphatic carbocycles. The number of nitrogens with two attached hydrogens (primary N) is 2. The summed E-state index contributed by atoms with van der Waals surface area (Å²) in [6, 6.07) is 0. The maximum absolute atomic E-state index is 10.5. The van der Waals surface area contributed by atoms with E-state index >= 15 is 0 Å². The molecular weight excluding hydrogens is 180 g/mol. The van der Waals surface area contributed by atoms with E-state index < -0.39 is 15.6 Å². The van der Waals surface area contributed by atoms with Gasteiger partial charge in [-0.3, -0.25) is 5.41 Å². The molecule has 0 unspecified atom stereocenters. The topological polar surface area (TPSA) is 122 Å². The second-order valence-corrected chi connectivity index (χ2v) is 4.54. The van der Waals surface area contributed by atoms with Crippen molar-refractivity contribution in [1.82, 2.24) is 4.72 Å². The predicted molar refractivity (Wildman–Crippen MR) is 46.8 cm³/mol. The van der Waals surface area contributed by atoms with Gasteiger partial charge in [0, 0.05) is 12.0 Å². The summed E-state index contributed by atoms with van der Waals surface area (Å²) in [5, 5.41) is 11.8.